The number of rotatable bonds is 7. The van der Waals surface area contributed by atoms with Crippen LogP contribution in [-0.2, 0) is 12.4 Å². The maximum Gasteiger partial charge on any atom is 0.416 e. The molecule has 12 rings (SSSR count). The molecule has 0 aliphatic heterocycles. The normalized spacial score (nSPS) is 11.7. The summed E-state index contributed by atoms with van der Waals surface area (Å²) in [5.74, 6) is 0.313. The van der Waals surface area contributed by atoms with Crippen LogP contribution in [0, 0.1) is 45.3 Å². The summed E-state index contributed by atoms with van der Waals surface area (Å²) in [7, 11) is 0. The Kier molecular flexibility index (Phi) is 11.5. The monoisotopic (exact) mass is 1030 g/mol. The molecule has 78 heavy (non-hydrogen) atoms. The molecule has 0 saturated carbocycles. The van der Waals surface area contributed by atoms with Crippen LogP contribution >= 0.6 is 0 Å². The first-order valence-corrected chi connectivity index (χ1v) is 24.2. The zero-order valence-corrected chi connectivity index (χ0v) is 40.5. The third kappa shape index (κ3) is 8.58. The van der Waals surface area contributed by atoms with E-state index in [1.165, 1.54) is 12.1 Å². The highest BCUT2D eigenvalue weighted by molar-refractivity contribution is 6.12. The average Bonchev–Trinajstić information content (AvgIpc) is 4.06. The second kappa shape index (κ2) is 18.6. The summed E-state index contributed by atoms with van der Waals surface area (Å²) in [6.45, 7) is 0. The molecule has 0 spiro atoms. The molecule has 0 fully saturated rings. The molecule has 0 N–H and O–H groups in total. The summed E-state index contributed by atoms with van der Waals surface area (Å²) in [4.78, 5) is 5.42. The average molecular weight is 1030 g/mol. The second-order valence-corrected chi connectivity index (χ2v) is 18.7. The van der Waals surface area contributed by atoms with E-state index in [0.717, 1.165) is 66.1 Å². The number of alkyl halides is 6. The molecule has 0 atom stereocenters. The molecule has 0 aliphatic rings. The SMILES string of the molecule is N#Cc1ccc(-c2ccc3c4ccc(-c5ccc(C#N)cc5)cc4n(-c4cc(-c5cc(C(F)(F)F)cc(C(F)(F)F)c5)cc(-n5c6cc(-c7ccc(C#N)cc7)ccc6c6ccc(-c7ccc(C#N)cc7)cc65)n4)c3c2)cc1. The van der Waals surface area contributed by atoms with E-state index in [1.807, 2.05) is 130 Å². The lowest BCUT2D eigenvalue weighted by molar-refractivity contribution is -0.143. The molecule has 0 unspecified atom stereocenters. The summed E-state index contributed by atoms with van der Waals surface area (Å²) < 4.78 is 92.4. The van der Waals surface area contributed by atoms with E-state index >= 15 is 0 Å². The van der Waals surface area contributed by atoms with Crippen molar-refractivity contribution in [3.05, 3.63) is 234 Å². The Hall–Kier alpha value is -10.7. The van der Waals surface area contributed by atoms with Crippen molar-refractivity contribution in [1.82, 2.24) is 14.1 Å². The maximum atomic E-state index is 14.8. The van der Waals surface area contributed by atoms with Gasteiger partial charge in [-0.2, -0.15) is 47.4 Å². The first-order chi connectivity index (χ1) is 37.7. The van der Waals surface area contributed by atoms with Crippen molar-refractivity contribution in [3.63, 3.8) is 0 Å². The van der Waals surface area contributed by atoms with Gasteiger partial charge in [0.2, 0.25) is 0 Å². The maximum absolute atomic E-state index is 14.8. The van der Waals surface area contributed by atoms with Gasteiger partial charge in [0, 0.05) is 21.5 Å². The minimum atomic E-state index is -5.15. The molecule has 0 amide bonds. The predicted octanol–water partition coefficient (Wildman–Crippen LogP) is 17.1. The Morgan fingerprint density at radius 3 is 0.769 bits per heavy atom. The summed E-state index contributed by atoms with van der Waals surface area (Å²) >= 11 is 0. The fourth-order valence-electron chi connectivity index (χ4n) is 10.2. The quantitative estimate of drug-likeness (QED) is 0.147. The van der Waals surface area contributed by atoms with Gasteiger partial charge in [-0.15, -0.1) is 0 Å². The number of nitrogens with zero attached hydrogens (tertiary/aromatic N) is 7. The predicted molar refractivity (Wildman–Crippen MR) is 289 cm³/mol. The summed E-state index contributed by atoms with van der Waals surface area (Å²) in [6.07, 6.45) is -10.3. The number of benzene rings is 9. The summed E-state index contributed by atoms with van der Waals surface area (Å²) in [6, 6.07) is 64.5. The Morgan fingerprint density at radius 2 is 0.526 bits per heavy atom. The smallest absolute Gasteiger partial charge is 0.294 e. The number of aromatic nitrogens is 3. The lowest BCUT2D eigenvalue weighted by Crippen LogP contribution is -2.11. The molecular formula is C65H33F6N7. The molecule has 0 bridgehead atoms. The molecule has 3 aromatic heterocycles. The van der Waals surface area contributed by atoms with Crippen LogP contribution in [-0.4, -0.2) is 14.1 Å². The Bertz CT molecular complexity index is 4080. The van der Waals surface area contributed by atoms with E-state index in [-0.39, 0.29) is 28.8 Å². The van der Waals surface area contributed by atoms with Crippen molar-refractivity contribution in [1.29, 1.82) is 21.0 Å². The van der Waals surface area contributed by atoms with Crippen LogP contribution in [0.15, 0.2) is 200 Å². The molecule has 370 valence electrons. The van der Waals surface area contributed by atoms with Gasteiger partial charge in [0.1, 0.15) is 11.6 Å². The van der Waals surface area contributed by atoms with Gasteiger partial charge < -0.3 is 0 Å². The minimum absolute atomic E-state index is 0.00501. The zero-order valence-electron chi connectivity index (χ0n) is 40.5. The van der Waals surface area contributed by atoms with Crippen molar-refractivity contribution in [3.8, 4) is 91.5 Å². The zero-order chi connectivity index (χ0) is 54.0. The van der Waals surface area contributed by atoms with Crippen molar-refractivity contribution in [2.24, 2.45) is 0 Å². The molecule has 0 saturated heterocycles. The number of pyridine rings is 1. The van der Waals surface area contributed by atoms with Crippen LogP contribution in [0.1, 0.15) is 33.4 Å². The van der Waals surface area contributed by atoms with Gasteiger partial charge in [0.25, 0.3) is 0 Å². The highest BCUT2D eigenvalue weighted by Gasteiger charge is 2.37. The van der Waals surface area contributed by atoms with Crippen LogP contribution in [0.2, 0.25) is 0 Å². The standard InChI is InChI=1S/C65H33F6N7/c66-64(67,68)52-25-50(26-53(33-52)65(69,70)71)51-31-62(77-58-27-46(42-9-1-38(34-72)2-10-42)17-21-54(58)55-22-18-47(28-59(55)77)43-11-3-39(35-73)4-12-43)76-63(32-51)78-60-29-48(44-13-5-40(36-74)6-14-44)19-23-56(60)57-24-20-49(30-61(57)78)45-15-7-41(37-75)8-16-45/h1-33H. The highest BCUT2D eigenvalue weighted by atomic mass is 19.4. The molecular weight excluding hydrogens is 993 g/mol. The van der Waals surface area contributed by atoms with Crippen molar-refractivity contribution >= 4 is 43.6 Å². The Morgan fingerprint density at radius 1 is 0.282 bits per heavy atom. The van der Waals surface area contributed by atoms with Crippen molar-refractivity contribution in [2.75, 3.05) is 0 Å². The summed E-state index contributed by atoms with van der Waals surface area (Å²) in [5.41, 5.74) is 7.01. The van der Waals surface area contributed by atoms with Crippen LogP contribution < -0.4 is 0 Å². The van der Waals surface area contributed by atoms with Gasteiger partial charge in [-0.3, -0.25) is 9.13 Å². The second-order valence-electron chi connectivity index (χ2n) is 18.7. The molecule has 3 heterocycles. The fourth-order valence-corrected chi connectivity index (χ4v) is 10.2. The van der Waals surface area contributed by atoms with Gasteiger partial charge in [0.05, 0.1) is 79.7 Å². The number of hydrogen-bond donors (Lipinski definition) is 0. The van der Waals surface area contributed by atoms with E-state index in [4.69, 9.17) is 4.98 Å². The van der Waals surface area contributed by atoms with E-state index in [1.54, 1.807) is 48.5 Å². The van der Waals surface area contributed by atoms with Crippen LogP contribution in [0.4, 0.5) is 26.3 Å². The third-order valence-electron chi connectivity index (χ3n) is 14.1. The molecule has 9 aromatic carbocycles. The van der Waals surface area contributed by atoms with Crippen LogP contribution in [0.25, 0.3) is 111 Å². The van der Waals surface area contributed by atoms with Gasteiger partial charge in [-0.05, 0) is 159 Å². The van der Waals surface area contributed by atoms with E-state index in [9.17, 15) is 47.4 Å². The van der Waals surface area contributed by atoms with Crippen LogP contribution in [0.5, 0.6) is 0 Å². The molecule has 13 heteroatoms. The highest BCUT2D eigenvalue weighted by Crippen LogP contribution is 2.43. The molecule has 7 nitrogen and oxygen atoms in total. The number of nitriles is 4. The Labute approximate surface area is 440 Å². The molecule has 0 radical (unpaired) electrons. The lowest BCUT2D eigenvalue weighted by atomic mass is 9.99. The largest absolute Gasteiger partial charge is 0.416 e. The fraction of sp³-hybridized carbons (Fsp3) is 0.0308. The topological polar surface area (TPSA) is 118 Å². The number of halogens is 6. The van der Waals surface area contributed by atoms with Crippen molar-refractivity contribution < 1.29 is 26.3 Å². The lowest BCUT2D eigenvalue weighted by Gasteiger charge is -2.18. The molecule has 12 aromatic rings. The van der Waals surface area contributed by atoms with Crippen LogP contribution in [0.3, 0.4) is 0 Å². The minimum Gasteiger partial charge on any atom is -0.294 e. The van der Waals surface area contributed by atoms with Gasteiger partial charge in [0.15, 0.2) is 0 Å². The summed E-state index contributed by atoms with van der Waals surface area (Å²) in [5, 5.41) is 41.4. The third-order valence-corrected chi connectivity index (χ3v) is 14.1. The number of hydrogen-bond acceptors (Lipinski definition) is 5. The first-order valence-electron chi connectivity index (χ1n) is 24.2. The van der Waals surface area contributed by atoms with E-state index in [0.29, 0.717) is 56.5 Å². The van der Waals surface area contributed by atoms with E-state index < -0.39 is 23.5 Å². The molecule has 0 aliphatic carbocycles. The van der Waals surface area contributed by atoms with Gasteiger partial charge in [-0.25, -0.2) is 4.98 Å². The number of fused-ring (bicyclic) bond motifs is 6. The van der Waals surface area contributed by atoms with Crippen molar-refractivity contribution in [2.45, 2.75) is 12.4 Å². The Balaban J connectivity index is 1.21. The van der Waals surface area contributed by atoms with E-state index in [2.05, 4.69) is 24.3 Å². The van der Waals surface area contributed by atoms with Gasteiger partial charge in [-0.1, -0.05) is 97.1 Å². The first kappa shape index (κ1) is 48.2. The van der Waals surface area contributed by atoms with Gasteiger partial charge >= 0.3 is 12.4 Å².